The van der Waals surface area contributed by atoms with Gasteiger partial charge in [-0.25, -0.2) is 4.99 Å². The normalized spacial score (nSPS) is 12.8. The number of rotatable bonds is 5. The van der Waals surface area contributed by atoms with E-state index in [0.29, 0.717) is 17.1 Å². The van der Waals surface area contributed by atoms with Gasteiger partial charge in [-0.05, 0) is 54.1 Å². The highest BCUT2D eigenvalue weighted by atomic mass is 35.5. The molecular weight excluding hydrogens is 430 g/mol. The SMILES string of the molecule is COc1ccc(C2=Nc3ccccc3N=C(SCC(=O)Nc3ccccc3Cl)C2)cc1. The predicted octanol–water partition coefficient (Wildman–Crippen LogP) is 6.28. The van der Waals surface area contributed by atoms with E-state index in [1.165, 1.54) is 11.8 Å². The van der Waals surface area contributed by atoms with Crippen molar-refractivity contribution in [3.8, 4) is 5.75 Å². The summed E-state index contributed by atoms with van der Waals surface area (Å²) >= 11 is 7.54. The summed E-state index contributed by atoms with van der Waals surface area (Å²) in [4.78, 5) is 22.1. The molecule has 7 heteroatoms. The van der Waals surface area contributed by atoms with Gasteiger partial charge in [0, 0.05) is 6.42 Å². The third-order valence-electron chi connectivity index (χ3n) is 4.64. The van der Waals surface area contributed by atoms with Crippen molar-refractivity contribution in [2.24, 2.45) is 9.98 Å². The number of thioether (sulfide) groups is 1. The largest absolute Gasteiger partial charge is 0.497 e. The van der Waals surface area contributed by atoms with Crippen LogP contribution in [0.2, 0.25) is 5.02 Å². The maximum absolute atomic E-state index is 12.5. The first-order chi connectivity index (χ1) is 15.1. The number of carbonyl (C=O) groups excluding carboxylic acids is 1. The molecule has 3 aromatic rings. The van der Waals surface area contributed by atoms with Crippen LogP contribution >= 0.6 is 23.4 Å². The number of carbonyl (C=O) groups is 1. The van der Waals surface area contributed by atoms with E-state index in [-0.39, 0.29) is 11.7 Å². The van der Waals surface area contributed by atoms with Crippen LogP contribution < -0.4 is 10.1 Å². The summed E-state index contributed by atoms with van der Waals surface area (Å²) in [6.45, 7) is 0. The van der Waals surface area contributed by atoms with E-state index < -0.39 is 0 Å². The van der Waals surface area contributed by atoms with Gasteiger partial charge in [0.05, 0.1) is 45.7 Å². The number of nitrogens with zero attached hydrogens (tertiary/aromatic N) is 2. The fourth-order valence-corrected chi connectivity index (χ4v) is 4.04. The number of methoxy groups -OCH3 is 1. The first kappa shape index (κ1) is 21.2. The third-order valence-corrected chi connectivity index (χ3v) is 5.95. The predicted molar refractivity (Wildman–Crippen MR) is 130 cm³/mol. The molecule has 1 N–H and O–H groups in total. The van der Waals surface area contributed by atoms with Gasteiger partial charge in [0.15, 0.2) is 0 Å². The van der Waals surface area contributed by atoms with Gasteiger partial charge < -0.3 is 10.1 Å². The summed E-state index contributed by atoms with van der Waals surface area (Å²) in [5.41, 5.74) is 4.09. The van der Waals surface area contributed by atoms with Gasteiger partial charge >= 0.3 is 0 Å². The van der Waals surface area contributed by atoms with Crippen LogP contribution in [-0.2, 0) is 4.79 Å². The minimum absolute atomic E-state index is 0.138. The molecule has 0 aliphatic carbocycles. The van der Waals surface area contributed by atoms with E-state index in [1.807, 2.05) is 60.7 Å². The average Bonchev–Trinajstić information content (AvgIpc) is 2.98. The molecule has 0 radical (unpaired) electrons. The fraction of sp³-hybridized carbons (Fsp3) is 0.125. The standard InChI is InChI=1S/C24H20ClN3O2S/c1-30-17-12-10-16(11-13-17)22-14-24(28-21-9-5-4-8-20(21)26-22)31-15-23(29)27-19-7-3-2-6-18(19)25/h2-13H,14-15H2,1H3,(H,27,29). The number of halogens is 1. The monoisotopic (exact) mass is 449 g/mol. The van der Waals surface area contributed by atoms with E-state index >= 15 is 0 Å². The van der Waals surface area contributed by atoms with Gasteiger partial charge in [0.2, 0.25) is 5.91 Å². The molecule has 31 heavy (non-hydrogen) atoms. The van der Waals surface area contributed by atoms with Crippen LogP contribution in [0.15, 0.2) is 82.8 Å². The van der Waals surface area contributed by atoms with E-state index in [1.54, 1.807) is 19.2 Å². The number of fused-ring (bicyclic) bond motifs is 1. The van der Waals surface area contributed by atoms with Crippen LogP contribution in [0.5, 0.6) is 5.75 Å². The summed E-state index contributed by atoms with van der Waals surface area (Å²) in [5.74, 6) is 0.876. The Hall–Kier alpha value is -3.09. The smallest absolute Gasteiger partial charge is 0.234 e. The number of benzene rings is 3. The Bertz CT molecular complexity index is 1160. The van der Waals surface area contributed by atoms with Gasteiger partial charge in [-0.3, -0.25) is 9.79 Å². The Balaban J connectivity index is 1.53. The van der Waals surface area contributed by atoms with Crippen molar-refractivity contribution in [3.63, 3.8) is 0 Å². The molecule has 4 rings (SSSR count). The van der Waals surface area contributed by atoms with Gasteiger partial charge in [-0.1, -0.05) is 35.9 Å². The highest BCUT2D eigenvalue weighted by Gasteiger charge is 2.17. The lowest BCUT2D eigenvalue weighted by Gasteiger charge is -2.09. The molecular formula is C24H20ClN3O2S. The Morgan fingerprint density at radius 2 is 1.68 bits per heavy atom. The van der Waals surface area contributed by atoms with Crippen molar-refractivity contribution < 1.29 is 9.53 Å². The second kappa shape index (κ2) is 9.81. The van der Waals surface area contributed by atoms with Crippen LogP contribution in [-0.4, -0.2) is 29.5 Å². The summed E-state index contributed by atoms with van der Waals surface area (Å²) in [6, 6.07) is 22.7. The van der Waals surface area contributed by atoms with E-state index in [2.05, 4.69) is 5.32 Å². The number of hydrogen-bond donors (Lipinski definition) is 1. The molecule has 1 amide bonds. The maximum atomic E-state index is 12.5. The summed E-state index contributed by atoms with van der Waals surface area (Å²) in [7, 11) is 1.64. The topological polar surface area (TPSA) is 63.1 Å². The van der Waals surface area contributed by atoms with Crippen LogP contribution in [0.3, 0.4) is 0 Å². The molecule has 0 spiro atoms. The lowest BCUT2D eigenvalue weighted by atomic mass is 10.1. The number of amides is 1. The van der Waals surface area contributed by atoms with Crippen molar-refractivity contribution in [3.05, 3.63) is 83.4 Å². The highest BCUT2D eigenvalue weighted by Crippen LogP contribution is 2.33. The number of para-hydroxylation sites is 3. The van der Waals surface area contributed by atoms with Crippen LogP contribution in [0.25, 0.3) is 0 Å². The zero-order valence-corrected chi connectivity index (χ0v) is 18.4. The molecule has 0 unspecified atom stereocenters. The quantitative estimate of drug-likeness (QED) is 0.498. The molecule has 0 aromatic heterocycles. The van der Waals surface area contributed by atoms with Crippen molar-refractivity contribution in [2.45, 2.75) is 6.42 Å². The maximum Gasteiger partial charge on any atom is 0.234 e. The lowest BCUT2D eigenvalue weighted by Crippen LogP contribution is -2.16. The molecule has 0 bridgehead atoms. The van der Waals surface area contributed by atoms with Gasteiger partial charge in [0.25, 0.3) is 0 Å². The van der Waals surface area contributed by atoms with Gasteiger partial charge in [-0.15, -0.1) is 11.8 Å². The number of anilines is 1. The minimum Gasteiger partial charge on any atom is -0.497 e. The zero-order valence-electron chi connectivity index (χ0n) is 16.8. The number of aliphatic imine (C=N–C) groups is 2. The molecule has 1 heterocycles. The molecule has 0 fully saturated rings. The zero-order chi connectivity index (χ0) is 21.6. The Morgan fingerprint density at radius 3 is 2.39 bits per heavy atom. The van der Waals surface area contributed by atoms with Crippen LogP contribution in [0.4, 0.5) is 17.1 Å². The lowest BCUT2D eigenvalue weighted by molar-refractivity contribution is -0.113. The molecule has 156 valence electrons. The fourth-order valence-electron chi connectivity index (χ4n) is 3.09. The van der Waals surface area contributed by atoms with Gasteiger partial charge in [-0.2, -0.15) is 0 Å². The van der Waals surface area contributed by atoms with E-state index in [0.717, 1.165) is 33.4 Å². The average molecular weight is 450 g/mol. The van der Waals surface area contributed by atoms with Crippen LogP contribution in [0, 0.1) is 0 Å². The van der Waals surface area contributed by atoms with Crippen molar-refractivity contribution in [1.82, 2.24) is 0 Å². The number of hydrogen-bond acceptors (Lipinski definition) is 5. The van der Waals surface area contributed by atoms with Crippen LogP contribution in [0.1, 0.15) is 12.0 Å². The Kier molecular flexibility index (Phi) is 6.70. The molecule has 0 atom stereocenters. The molecule has 0 saturated heterocycles. The molecule has 5 nitrogen and oxygen atoms in total. The second-order valence-electron chi connectivity index (χ2n) is 6.77. The van der Waals surface area contributed by atoms with E-state index in [4.69, 9.17) is 26.3 Å². The molecule has 0 saturated carbocycles. The first-order valence-corrected chi connectivity index (χ1v) is 11.0. The third kappa shape index (κ3) is 5.34. The summed E-state index contributed by atoms with van der Waals surface area (Å²) in [6.07, 6.45) is 0.533. The van der Waals surface area contributed by atoms with Crippen molar-refractivity contribution in [1.29, 1.82) is 0 Å². The Labute approximate surface area is 190 Å². The summed E-state index contributed by atoms with van der Waals surface area (Å²) < 4.78 is 5.26. The Morgan fingerprint density at radius 1 is 1.00 bits per heavy atom. The second-order valence-corrected chi connectivity index (χ2v) is 8.23. The molecule has 1 aliphatic rings. The summed E-state index contributed by atoms with van der Waals surface area (Å²) in [5, 5.41) is 4.19. The molecule has 3 aromatic carbocycles. The minimum atomic E-state index is -0.138. The van der Waals surface area contributed by atoms with E-state index in [9.17, 15) is 4.79 Å². The van der Waals surface area contributed by atoms with Crippen molar-refractivity contribution >= 4 is 57.1 Å². The number of nitrogens with one attached hydrogen (secondary N) is 1. The first-order valence-electron chi connectivity index (χ1n) is 9.68. The molecule has 1 aliphatic heterocycles. The number of ether oxygens (including phenoxy) is 1. The van der Waals surface area contributed by atoms with Crippen molar-refractivity contribution in [2.75, 3.05) is 18.2 Å². The van der Waals surface area contributed by atoms with Gasteiger partial charge in [0.1, 0.15) is 5.75 Å². The highest BCUT2D eigenvalue weighted by molar-refractivity contribution is 8.14.